The van der Waals surface area contributed by atoms with Crippen molar-refractivity contribution in [2.24, 2.45) is 0 Å². The molecule has 2 aromatic heterocycles. The molecule has 0 atom stereocenters. The maximum Gasteiger partial charge on any atom is 0.267 e. The summed E-state index contributed by atoms with van der Waals surface area (Å²) in [6.07, 6.45) is 6.73. The normalized spacial score (nSPS) is 15.0. The van der Waals surface area contributed by atoms with Crippen molar-refractivity contribution in [2.75, 3.05) is 18.0 Å². The molecule has 1 aliphatic carbocycles. The molecule has 1 saturated heterocycles. The van der Waals surface area contributed by atoms with Crippen molar-refractivity contribution in [3.8, 4) is 11.3 Å². The maximum absolute atomic E-state index is 13.3. The molecule has 1 aliphatic heterocycles. The lowest BCUT2D eigenvalue weighted by Crippen LogP contribution is -2.34. The molecule has 0 spiro atoms. The van der Waals surface area contributed by atoms with Crippen LogP contribution in [-0.4, -0.2) is 38.7 Å². The van der Waals surface area contributed by atoms with Gasteiger partial charge in [0.1, 0.15) is 12.4 Å². The highest BCUT2D eigenvalue weighted by molar-refractivity contribution is 5.75. The molecule has 1 N–H and O–H groups in total. The van der Waals surface area contributed by atoms with Gasteiger partial charge in [0, 0.05) is 37.5 Å². The van der Waals surface area contributed by atoms with Crippen LogP contribution in [0.4, 0.5) is 10.3 Å². The van der Waals surface area contributed by atoms with Crippen molar-refractivity contribution < 1.29 is 9.18 Å². The Morgan fingerprint density at radius 3 is 2.79 bits per heavy atom. The van der Waals surface area contributed by atoms with Gasteiger partial charge < -0.3 is 10.2 Å². The van der Waals surface area contributed by atoms with Crippen molar-refractivity contribution in [3.63, 3.8) is 0 Å². The highest BCUT2D eigenvalue weighted by Crippen LogP contribution is 2.30. The Labute approximate surface area is 190 Å². The number of halogens is 1. The molecule has 1 fully saturated rings. The number of aromatic nitrogens is 4. The number of rotatable bonds is 5. The molecule has 0 bridgehead atoms. The second kappa shape index (κ2) is 9.09. The number of nitrogens with zero attached hydrogens (tertiary/aromatic N) is 5. The molecule has 5 rings (SSSR count). The number of fused-ring (bicyclic) bond motifs is 3. The number of amides is 1. The first-order valence-corrected chi connectivity index (χ1v) is 11.3. The van der Waals surface area contributed by atoms with Crippen LogP contribution >= 0.6 is 0 Å². The summed E-state index contributed by atoms with van der Waals surface area (Å²) >= 11 is 0. The fourth-order valence-corrected chi connectivity index (χ4v) is 4.39. The average Bonchev–Trinajstić information content (AvgIpc) is 2.83. The standard InChI is InChI=1S/C24H25FN6O2/c25-18-6-4-5-16(11-18)13-26-21(32)15-31-22(33)12-17-7-8-20-19(23(17)29-31)14-27-24(28-20)30-9-2-1-3-10-30/h4-6,11-12,14H,1-3,7-10,13,15H2,(H,26,32). The third kappa shape index (κ3) is 4.62. The lowest BCUT2D eigenvalue weighted by atomic mass is 9.94. The van der Waals surface area contributed by atoms with Crippen LogP contribution in [0.15, 0.2) is 41.3 Å². The number of carbonyl (C=O) groups excluding carboxylic acids is 1. The lowest BCUT2D eigenvalue weighted by Gasteiger charge is -2.28. The molecule has 1 amide bonds. The summed E-state index contributed by atoms with van der Waals surface area (Å²) < 4.78 is 14.5. The Morgan fingerprint density at radius 1 is 1.12 bits per heavy atom. The van der Waals surface area contributed by atoms with Crippen molar-refractivity contribution in [3.05, 3.63) is 69.5 Å². The van der Waals surface area contributed by atoms with Crippen LogP contribution in [0.1, 0.15) is 36.1 Å². The van der Waals surface area contributed by atoms with Gasteiger partial charge in [-0.3, -0.25) is 9.59 Å². The summed E-state index contributed by atoms with van der Waals surface area (Å²) in [7, 11) is 0. The predicted molar refractivity (Wildman–Crippen MR) is 121 cm³/mol. The molecular formula is C24H25FN6O2. The van der Waals surface area contributed by atoms with Gasteiger partial charge in [0.25, 0.3) is 5.56 Å². The quantitative estimate of drug-likeness (QED) is 0.644. The zero-order valence-electron chi connectivity index (χ0n) is 18.3. The Kier molecular flexibility index (Phi) is 5.85. The smallest absolute Gasteiger partial charge is 0.267 e. The summed E-state index contributed by atoms with van der Waals surface area (Å²) in [4.78, 5) is 36.6. The molecule has 0 saturated carbocycles. The third-order valence-electron chi connectivity index (χ3n) is 6.13. The first-order chi connectivity index (χ1) is 16.1. The zero-order valence-corrected chi connectivity index (χ0v) is 18.3. The summed E-state index contributed by atoms with van der Waals surface area (Å²) in [5.41, 5.74) is 3.54. The van der Waals surface area contributed by atoms with E-state index in [1.54, 1.807) is 24.4 Å². The maximum atomic E-state index is 13.3. The van der Waals surface area contributed by atoms with E-state index in [1.165, 1.54) is 18.6 Å². The first kappa shape index (κ1) is 21.2. The summed E-state index contributed by atoms with van der Waals surface area (Å²) in [5, 5.41) is 7.20. The monoisotopic (exact) mass is 448 g/mol. The summed E-state index contributed by atoms with van der Waals surface area (Å²) in [5.74, 6) is 0.0159. The van der Waals surface area contributed by atoms with Gasteiger partial charge in [0.05, 0.1) is 11.4 Å². The van der Waals surface area contributed by atoms with E-state index in [0.717, 1.165) is 59.8 Å². The number of anilines is 1. The zero-order chi connectivity index (χ0) is 22.8. The number of aryl methyl sites for hydroxylation is 2. The van der Waals surface area contributed by atoms with Gasteiger partial charge in [0.2, 0.25) is 11.9 Å². The van der Waals surface area contributed by atoms with Crippen molar-refractivity contribution in [1.29, 1.82) is 0 Å². The van der Waals surface area contributed by atoms with Gasteiger partial charge in [-0.05, 0) is 55.4 Å². The van der Waals surface area contributed by atoms with Gasteiger partial charge in [-0.15, -0.1) is 0 Å². The Hall–Kier alpha value is -3.62. The fourth-order valence-electron chi connectivity index (χ4n) is 4.39. The minimum absolute atomic E-state index is 0.173. The molecule has 9 heteroatoms. The molecule has 0 radical (unpaired) electrons. The number of nitrogens with one attached hydrogen (secondary N) is 1. The second-order valence-electron chi connectivity index (χ2n) is 8.50. The highest BCUT2D eigenvalue weighted by Gasteiger charge is 2.23. The molecule has 170 valence electrons. The van der Waals surface area contributed by atoms with Crippen molar-refractivity contribution in [2.45, 2.75) is 45.2 Å². The molecule has 1 aromatic carbocycles. The molecule has 0 unspecified atom stereocenters. The van der Waals surface area contributed by atoms with E-state index in [2.05, 4.69) is 20.3 Å². The second-order valence-corrected chi connectivity index (χ2v) is 8.50. The average molecular weight is 449 g/mol. The number of carbonyl (C=O) groups is 1. The topological polar surface area (TPSA) is 93.0 Å². The first-order valence-electron chi connectivity index (χ1n) is 11.3. The van der Waals surface area contributed by atoms with E-state index >= 15 is 0 Å². The van der Waals surface area contributed by atoms with Gasteiger partial charge in [0.15, 0.2) is 0 Å². The highest BCUT2D eigenvalue weighted by atomic mass is 19.1. The SMILES string of the molecule is O=C(Cn1nc2c(cc1=O)CCc1nc(N3CCCCC3)ncc1-2)NCc1cccc(F)c1. The molecule has 2 aliphatic rings. The molecule has 8 nitrogen and oxygen atoms in total. The van der Waals surface area contributed by atoms with Gasteiger partial charge >= 0.3 is 0 Å². The van der Waals surface area contributed by atoms with E-state index in [4.69, 9.17) is 4.98 Å². The fraction of sp³-hybridized carbons (Fsp3) is 0.375. The minimum Gasteiger partial charge on any atom is -0.350 e. The number of benzene rings is 1. The van der Waals surface area contributed by atoms with Crippen LogP contribution in [0.3, 0.4) is 0 Å². The van der Waals surface area contributed by atoms with E-state index in [-0.39, 0.29) is 30.4 Å². The molecular weight excluding hydrogens is 423 g/mol. The minimum atomic E-state index is -0.374. The number of piperidine rings is 1. The summed E-state index contributed by atoms with van der Waals surface area (Å²) in [6, 6.07) is 7.56. The van der Waals surface area contributed by atoms with Gasteiger partial charge in [-0.2, -0.15) is 5.10 Å². The Bertz CT molecular complexity index is 1250. The predicted octanol–water partition coefficient (Wildman–Crippen LogP) is 2.24. The lowest BCUT2D eigenvalue weighted by molar-refractivity contribution is -0.122. The molecule has 3 heterocycles. The van der Waals surface area contributed by atoms with E-state index in [9.17, 15) is 14.0 Å². The Morgan fingerprint density at radius 2 is 1.97 bits per heavy atom. The van der Waals surface area contributed by atoms with E-state index < -0.39 is 0 Å². The number of hydrogen-bond acceptors (Lipinski definition) is 6. The Balaban J connectivity index is 1.34. The largest absolute Gasteiger partial charge is 0.350 e. The van der Waals surface area contributed by atoms with Crippen LogP contribution in [0.5, 0.6) is 0 Å². The van der Waals surface area contributed by atoms with Gasteiger partial charge in [-0.25, -0.2) is 19.0 Å². The molecule has 33 heavy (non-hydrogen) atoms. The number of hydrogen-bond donors (Lipinski definition) is 1. The van der Waals surface area contributed by atoms with Crippen LogP contribution in [-0.2, 0) is 30.7 Å². The summed E-state index contributed by atoms with van der Waals surface area (Å²) in [6.45, 7) is 1.89. The van der Waals surface area contributed by atoms with Crippen LogP contribution in [0, 0.1) is 5.82 Å². The third-order valence-corrected chi connectivity index (χ3v) is 6.13. The van der Waals surface area contributed by atoms with Crippen LogP contribution in [0.2, 0.25) is 0 Å². The van der Waals surface area contributed by atoms with E-state index in [1.807, 2.05) is 0 Å². The van der Waals surface area contributed by atoms with Crippen LogP contribution in [0.25, 0.3) is 11.3 Å². The van der Waals surface area contributed by atoms with E-state index in [0.29, 0.717) is 17.7 Å². The van der Waals surface area contributed by atoms with Crippen molar-refractivity contribution >= 4 is 11.9 Å². The molecule has 3 aromatic rings. The van der Waals surface area contributed by atoms with Crippen molar-refractivity contribution in [1.82, 2.24) is 25.1 Å². The van der Waals surface area contributed by atoms with Crippen LogP contribution < -0.4 is 15.8 Å². The van der Waals surface area contributed by atoms with Gasteiger partial charge in [-0.1, -0.05) is 12.1 Å².